The fraction of sp³-hybridized carbons (Fsp3) is 0.200. The van der Waals surface area contributed by atoms with Crippen LogP contribution in [0.5, 0.6) is 5.75 Å². The molecule has 0 spiro atoms. The zero-order valence-corrected chi connectivity index (χ0v) is 18.6. The molecular formula is C25H25N5O4. The van der Waals surface area contributed by atoms with E-state index in [1.807, 2.05) is 42.5 Å². The Balaban J connectivity index is 1.50. The normalized spacial score (nSPS) is 11.7. The fourth-order valence-corrected chi connectivity index (χ4v) is 3.75. The number of aromatic nitrogens is 3. The van der Waals surface area contributed by atoms with E-state index in [-0.39, 0.29) is 25.0 Å². The van der Waals surface area contributed by atoms with Crippen LogP contribution in [0.25, 0.3) is 10.8 Å². The van der Waals surface area contributed by atoms with Gasteiger partial charge in [0, 0.05) is 6.92 Å². The third kappa shape index (κ3) is 5.76. The number of hydroxylamine groups is 1. The molecule has 3 N–H and O–H groups in total. The van der Waals surface area contributed by atoms with Gasteiger partial charge in [-0.1, -0.05) is 59.8 Å². The van der Waals surface area contributed by atoms with Crippen LogP contribution in [-0.2, 0) is 22.6 Å². The van der Waals surface area contributed by atoms with E-state index in [0.717, 1.165) is 16.3 Å². The highest BCUT2D eigenvalue weighted by Crippen LogP contribution is 2.25. The molecule has 9 heteroatoms. The highest BCUT2D eigenvalue weighted by atomic mass is 16.5. The molecule has 0 fully saturated rings. The Bertz CT molecular complexity index is 1300. The van der Waals surface area contributed by atoms with Crippen LogP contribution in [0.1, 0.15) is 30.6 Å². The largest absolute Gasteiger partial charge is 0.485 e. The van der Waals surface area contributed by atoms with Crippen molar-refractivity contribution >= 4 is 28.3 Å². The minimum absolute atomic E-state index is 0.0261. The third-order valence-electron chi connectivity index (χ3n) is 5.34. The van der Waals surface area contributed by atoms with Gasteiger partial charge in [0.1, 0.15) is 18.1 Å². The van der Waals surface area contributed by atoms with Crippen molar-refractivity contribution in [2.45, 2.75) is 32.4 Å². The molecule has 3 aromatic carbocycles. The summed E-state index contributed by atoms with van der Waals surface area (Å²) < 4.78 is 7.45. The molecule has 1 heterocycles. The van der Waals surface area contributed by atoms with E-state index < -0.39 is 5.91 Å². The first-order chi connectivity index (χ1) is 16.5. The summed E-state index contributed by atoms with van der Waals surface area (Å²) in [6.07, 6.45) is 2.27. The molecule has 4 rings (SSSR count). The summed E-state index contributed by atoms with van der Waals surface area (Å²) in [5.41, 5.74) is 3.86. The summed E-state index contributed by atoms with van der Waals surface area (Å²) in [6, 6.07) is 21.0. The quantitative estimate of drug-likeness (QED) is 0.260. The number of para-hydroxylation sites is 2. The van der Waals surface area contributed by atoms with Gasteiger partial charge in [-0.25, -0.2) is 10.2 Å². The molecule has 1 aromatic heterocycles. The van der Waals surface area contributed by atoms with E-state index in [9.17, 15) is 9.59 Å². The Hall–Kier alpha value is -4.24. The minimum atomic E-state index is -0.511. The molecule has 2 amide bonds. The van der Waals surface area contributed by atoms with Crippen molar-refractivity contribution in [2.75, 3.05) is 5.32 Å². The second kappa shape index (κ2) is 10.6. The average Bonchev–Trinajstić information content (AvgIpc) is 3.31. The summed E-state index contributed by atoms with van der Waals surface area (Å²) in [7, 11) is 0. The molecule has 9 nitrogen and oxygen atoms in total. The van der Waals surface area contributed by atoms with Crippen LogP contribution in [0.15, 0.2) is 72.9 Å². The molecular weight excluding hydrogens is 434 g/mol. The van der Waals surface area contributed by atoms with Crippen molar-refractivity contribution in [3.8, 4) is 5.75 Å². The van der Waals surface area contributed by atoms with Gasteiger partial charge in [0.2, 0.25) is 11.8 Å². The standard InChI is InChI=1S/C25H25N5O4/c1-17(31)26-23-8-4-5-9-24(23)34-16-21-15-30(29-27-21)22(14-25(32)28-33)13-18-10-11-19-6-2-3-7-20(19)12-18/h2-12,15,22,33H,13-14,16H2,1H3,(H,26,31)(H,28,32). The van der Waals surface area contributed by atoms with Crippen molar-refractivity contribution < 1.29 is 19.5 Å². The van der Waals surface area contributed by atoms with Crippen molar-refractivity contribution in [1.29, 1.82) is 0 Å². The van der Waals surface area contributed by atoms with Gasteiger partial charge in [-0.2, -0.15) is 0 Å². The van der Waals surface area contributed by atoms with E-state index in [0.29, 0.717) is 23.6 Å². The van der Waals surface area contributed by atoms with Crippen LogP contribution >= 0.6 is 0 Å². The zero-order valence-electron chi connectivity index (χ0n) is 18.6. The van der Waals surface area contributed by atoms with Crippen LogP contribution in [-0.4, -0.2) is 32.0 Å². The van der Waals surface area contributed by atoms with Crippen molar-refractivity contribution in [2.24, 2.45) is 0 Å². The number of rotatable bonds is 9. The van der Waals surface area contributed by atoms with Crippen LogP contribution in [0.3, 0.4) is 0 Å². The first kappa shape index (κ1) is 22.9. The number of hydrogen-bond donors (Lipinski definition) is 3. The van der Waals surface area contributed by atoms with Crippen LogP contribution in [0, 0.1) is 0 Å². The molecule has 1 unspecified atom stereocenters. The molecule has 34 heavy (non-hydrogen) atoms. The lowest BCUT2D eigenvalue weighted by Gasteiger charge is -2.16. The van der Waals surface area contributed by atoms with Gasteiger partial charge in [-0.15, -0.1) is 5.10 Å². The van der Waals surface area contributed by atoms with Crippen LogP contribution in [0.2, 0.25) is 0 Å². The average molecular weight is 460 g/mol. The summed E-state index contributed by atoms with van der Waals surface area (Å²) >= 11 is 0. The molecule has 174 valence electrons. The van der Waals surface area contributed by atoms with E-state index in [2.05, 4.69) is 21.7 Å². The summed E-state index contributed by atoms with van der Waals surface area (Å²) in [5, 5.41) is 22.4. The number of nitrogens with zero attached hydrogens (tertiary/aromatic N) is 3. The van der Waals surface area contributed by atoms with Gasteiger partial charge in [-0.05, 0) is 34.9 Å². The molecule has 0 aliphatic rings. The Labute approximate surface area is 196 Å². The van der Waals surface area contributed by atoms with Gasteiger partial charge in [0.25, 0.3) is 0 Å². The van der Waals surface area contributed by atoms with Crippen molar-refractivity contribution in [3.05, 3.63) is 84.2 Å². The monoisotopic (exact) mass is 459 g/mol. The van der Waals surface area contributed by atoms with E-state index in [4.69, 9.17) is 9.94 Å². The molecule has 0 aliphatic heterocycles. The predicted octanol–water partition coefficient (Wildman–Crippen LogP) is 3.65. The summed E-state index contributed by atoms with van der Waals surface area (Å²) in [4.78, 5) is 23.4. The number of nitrogens with one attached hydrogen (secondary N) is 2. The zero-order chi connectivity index (χ0) is 23.9. The van der Waals surface area contributed by atoms with Gasteiger partial charge in [0.05, 0.1) is 24.3 Å². The number of hydrogen-bond acceptors (Lipinski definition) is 6. The topological polar surface area (TPSA) is 118 Å². The number of fused-ring (bicyclic) bond motifs is 1. The maximum atomic E-state index is 12.0. The van der Waals surface area contributed by atoms with Crippen LogP contribution < -0.4 is 15.5 Å². The second-order valence-corrected chi connectivity index (χ2v) is 7.93. The summed E-state index contributed by atoms with van der Waals surface area (Å²) in [5.74, 6) is -0.191. The summed E-state index contributed by atoms with van der Waals surface area (Å²) in [6.45, 7) is 1.56. The molecule has 0 radical (unpaired) electrons. The SMILES string of the molecule is CC(=O)Nc1ccccc1OCc1cn(C(CC(=O)NO)Cc2ccc3ccccc3c2)nn1. The lowest BCUT2D eigenvalue weighted by molar-refractivity contribution is -0.130. The third-order valence-corrected chi connectivity index (χ3v) is 5.34. The maximum absolute atomic E-state index is 12.0. The minimum Gasteiger partial charge on any atom is -0.485 e. The molecule has 0 bridgehead atoms. The lowest BCUT2D eigenvalue weighted by atomic mass is 10.00. The Morgan fingerprint density at radius 1 is 1.06 bits per heavy atom. The second-order valence-electron chi connectivity index (χ2n) is 7.93. The lowest BCUT2D eigenvalue weighted by Crippen LogP contribution is -2.25. The molecule has 0 aliphatic carbocycles. The molecule has 0 saturated carbocycles. The highest BCUT2D eigenvalue weighted by molar-refractivity contribution is 5.90. The maximum Gasteiger partial charge on any atom is 0.245 e. The number of benzene rings is 3. The first-order valence-corrected chi connectivity index (χ1v) is 10.8. The predicted molar refractivity (Wildman–Crippen MR) is 126 cm³/mol. The number of carbonyl (C=O) groups excluding carboxylic acids is 2. The number of amides is 2. The van der Waals surface area contributed by atoms with Crippen molar-refractivity contribution in [3.63, 3.8) is 0 Å². The highest BCUT2D eigenvalue weighted by Gasteiger charge is 2.19. The molecule has 0 saturated heterocycles. The Morgan fingerprint density at radius 2 is 1.82 bits per heavy atom. The van der Waals surface area contributed by atoms with E-state index in [1.54, 1.807) is 34.6 Å². The van der Waals surface area contributed by atoms with Crippen molar-refractivity contribution in [1.82, 2.24) is 20.5 Å². The van der Waals surface area contributed by atoms with Gasteiger partial charge in [-0.3, -0.25) is 14.8 Å². The fourth-order valence-electron chi connectivity index (χ4n) is 3.75. The first-order valence-electron chi connectivity index (χ1n) is 10.8. The molecule has 4 aromatic rings. The number of carbonyl (C=O) groups is 2. The number of anilines is 1. The number of ether oxygens (including phenoxy) is 1. The Kier molecular flexibility index (Phi) is 7.14. The van der Waals surface area contributed by atoms with E-state index >= 15 is 0 Å². The Morgan fingerprint density at radius 3 is 2.62 bits per heavy atom. The van der Waals surface area contributed by atoms with Gasteiger partial charge in [0.15, 0.2) is 0 Å². The molecule has 1 atom stereocenters. The van der Waals surface area contributed by atoms with Crippen LogP contribution in [0.4, 0.5) is 5.69 Å². The van der Waals surface area contributed by atoms with Gasteiger partial charge >= 0.3 is 0 Å². The smallest absolute Gasteiger partial charge is 0.245 e. The van der Waals surface area contributed by atoms with Gasteiger partial charge < -0.3 is 10.1 Å². The van der Waals surface area contributed by atoms with E-state index in [1.165, 1.54) is 6.92 Å².